The van der Waals surface area contributed by atoms with Crippen LogP contribution in [0.15, 0.2) is 0 Å². The van der Waals surface area contributed by atoms with Crippen molar-refractivity contribution in [2.24, 2.45) is 0 Å². The van der Waals surface area contributed by atoms with Crippen molar-refractivity contribution in [3.8, 4) is 0 Å². The molecule has 1 amide bonds. The van der Waals surface area contributed by atoms with Crippen LogP contribution in [-0.4, -0.2) is 43.4 Å². The van der Waals surface area contributed by atoms with Crippen LogP contribution in [0.1, 0.15) is 34.6 Å². The SMILES string of the molecule is CC(C(=O)N[C@H](C)C(=O)OC(C)(C)C)S(C)(=O)=O. The number of amides is 1. The summed E-state index contributed by atoms with van der Waals surface area (Å²) in [5.41, 5.74) is -0.654. The highest BCUT2D eigenvalue weighted by molar-refractivity contribution is 7.92. The summed E-state index contributed by atoms with van der Waals surface area (Å²) in [4.78, 5) is 23.2. The number of carbonyl (C=O) groups excluding carboxylic acids is 2. The molecule has 0 aromatic rings. The van der Waals surface area contributed by atoms with E-state index < -0.39 is 38.6 Å². The monoisotopic (exact) mass is 279 g/mol. The Morgan fingerprint density at radius 2 is 1.61 bits per heavy atom. The third-order valence-electron chi connectivity index (χ3n) is 2.13. The van der Waals surface area contributed by atoms with Crippen LogP contribution in [-0.2, 0) is 24.2 Å². The van der Waals surface area contributed by atoms with Crippen LogP contribution in [0.25, 0.3) is 0 Å². The molecule has 0 radical (unpaired) electrons. The molecule has 2 atom stereocenters. The van der Waals surface area contributed by atoms with Crippen LogP contribution in [0.4, 0.5) is 0 Å². The predicted octanol–water partition coefficient (Wildman–Crippen LogP) is 0.266. The van der Waals surface area contributed by atoms with Crippen molar-refractivity contribution < 1.29 is 22.7 Å². The molecular formula is C11H21NO5S. The third-order valence-corrected chi connectivity index (χ3v) is 3.63. The van der Waals surface area contributed by atoms with Gasteiger partial charge in [0.2, 0.25) is 5.91 Å². The molecule has 0 fully saturated rings. The molecular weight excluding hydrogens is 258 g/mol. The van der Waals surface area contributed by atoms with E-state index in [4.69, 9.17) is 4.74 Å². The van der Waals surface area contributed by atoms with Gasteiger partial charge in [0, 0.05) is 6.26 Å². The average molecular weight is 279 g/mol. The second-order valence-corrected chi connectivity index (χ2v) is 7.60. The third kappa shape index (κ3) is 6.00. The number of esters is 1. The Morgan fingerprint density at radius 1 is 1.17 bits per heavy atom. The summed E-state index contributed by atoms with van der Waals surface area (Å²) in [5, 5.41) is 1.12. The predicted molar refractivity (Wildman–Crippen MR) is 67.8 cm³/mol. The number of hydrogen-bond acceptors (Lipinski definition) is 5. The molecule has 0 aliphatic carbocycles. The number of sulfone groups is 1. The standard InChI is InChI=1S/C11H21NO5S/c1-7(10(14)17-11(3,4)5)12-9(13)8(2)18(6,15)16/h7-8H,1-6H3,(H,12,13)/t7-,8?/m1/s1. The Hall–Kier alpha value is -1.11. The first-order valence-corrected chi connectivity index (χ1v) is 7.52. The van der Waals surface area contributed by atoms with Crippen molar-refractivity contribution in [2.45, 2.75) is 51.5 Å². The zero-order valence-corrected chi connectivity index (χ0v) is 12.4. The van der Waals surface area contributed by atoms with Gasteiger partial charge in [-0.25, -0.2) is 13.2 Å². The van der Waals surface area contributed by atoms with Crippen LogP contribution in [0, 0.1) is 0 Å². The van der Waals surface area contributed by atoms with Crippen molar-refractivity contribution in [3.63, 3.8) is 0 Å². The summed E-state index contributed by atoms with van der Waals surface area (Å²) in [6.45, 7) is 7.84. The summed E-state index contributed by atoms with van der Waals surface area (Å²) in [6.07, 6.45) is 0.968. The summed E-state index contributed by atoms with van der Waals surface area (Å²) in [6, 6.07) is -0.888. The molecule has 0 saturated heterocycles. The van der Waals surface area contributed by atoms with E-state index in [1.54, 1.807) is 20.8 Å². The van der Waals surface area contributed by atoms with Gasteiger partial charge in [-0.05, 0) is 34.6 Å². The highest BCUT2D eigenvalue weighted by Gasteiger charge is 2.28. The largest absolute Gasteiger partial charge is 0.458 e. The maximum atomic E-state index is 11.6. The van der Waals surface area contributed by atoms with Crippen LogP contribution in [0.5, 0.6) is 0 Å². The highest BCUT2D eigenvalue weighted by Crippen LogP contribution is 2.08. The topological polar surface area (TPSA) is 89.5 Å². The molecule has 0 heterocycles. The Kier molecular flexibility index (Phi) is 5.34. The van der Waals surface area contributed by atoms with Crippen molar-refractivity contribution in [1.82, 2.24) is 5.32 Å². The van der Waals surface area contributed by atoms with E-state index in [2.05, 4.69) is 5.32 Å². The van der Waals surface area contributed by atoms with Gasteiger partial charge in [0.15, 0.2) is 9.84 Å². The molecule has 0 aromatic heterocycles. The molecule has 1 unspecified atom stereocenters. The minimum atomic E-state index is -3.47. The van der Waals surface area contributed by atoms with Gasteiger partial charge in [0.1, 0.15) is 16.9 Å². The molecule has 0 aliphatic rings. The minimum Gasteiger partial charge on any atom is -0.458 e. The van der Waals surface area contributed by atoms with E-state index in [9.17, 15) is 18.0 Å². The Bertz CT molecular complexity index is 421. The summed E-state index contributed by atoms with van der Waals surface area (Å²) < 4.78 is 27.4. The van der Waals surface area contributed by atoms with Gasteiger partial charge < -0.3 is 10.1 Å². The van der Waals surface area contributed by atoms with Crippen LogP contribution in [0.2, 0.25) is 0 Å². The van der Waals surface area contributed by atoms with E-state index in [1.165, 1.54) is 13.8 Å². The number of nitrogens with one attached hydrogen (secondary N) is 1. The normalized spacial score (nSPS) is 15.7. The lowest BCUT2D eigenvalue weighted by Crippen LogP contribution is -2.47. The number of rotatable bonds is 4. The first kappa shape index (κ1) is 16.9. The second-order valence-electron chi connectivity index (χ2n) is 5.24. The quantitative estimate of drug-likeness (QED) is 0.746. The van der Waals surface area contributed by atoms with Crippen LogP contribution >= 0.6 is 0 Å². The first-order chi connectivity index (χ1) is 7.84. The zero-order valence-electron chi connectivity index (χ0n) is 11.6. The molecule has 0 aromatic carbocycles. The number of hydrogen-bond donors (Lipinski definition) is 1. The van der Waals surface area contributed by atoms with Gasteiger partial charge in [0.05, 0.1) is 0 Å². The summed E-state index contributed by atoms with van der Waals surface area (Å²) in [5.74, 6) is -1.31. The first-order valence-electron chi connectivity index (χ1n) is 5.56. The molecule has 0 spiro atoms. The van der Waals surface area contributed by atoms with Crippen LogP contribution < -0.4 is 5.32 Å². The lowest BCUT2D eigenvalue weighted by molar-refractivity contribution is -0.158. The van der Waals surface area contributed by atoms with Crippen molar-refractivity contribution in [2.75, 3.05) is 6.26 Å². The highest BCUT2D eigenvalue weighted by atomic mass is 32.2. The van der Waals surface area contributed by atoms with Crippen molar-refractivity contribution in [3.05, 3.63) is 0 Å². The molecule has 0 aliphatic heterocycles. The zero-order chi connectivity index (χ0) is 14.7. The lowest BCUT2D eigenvalue weighted by atomic mass is 10.2. The summed E-state index contributed by atoms with van der Waals surface area (Å²) >= 11 is 0. The van der Waals surface area contributed by atoms with Gasteiger partial charge >= 0.3 is 5.97 Å². The van der Waals surface area contributed by atoms with Gasteiger partial charge in [0.25, 0.3) is 0 Å². The van der Waals surface area contributed by atoms with Crippen LogP contribution in [0.3, 0.4) is 0 Å². The van der Waals surface area contributed by atoms with Crippen molar-refractivity contribution >= 4 is 21.7 Å². The molecule has 0 rings (SSSR count). The van der Waals surface area contributed by atoms with Crippen molar-refractivity contribution in [1.29, 1.82) is 0 Å². The Balaban J connectivity index is 4.55. The van der Waals surface area contributed by atoms with E-state index in [1.807, 2.05) is 0 Å². The fraction of sp³-hybridized carbons (Fsp3) is 0.818. The van der Waals surface area contributed by atoms with E-state index in [0.717, 1.165) is 6.26 Å². The van der Waals surface area contributed by atoms with E-state index >= 15 is 0 Å². The molecule has 18 heavy (non-hydrogen) atoms. The molecule has 0 bridgehead atoms. The fourth-order valence-electron chi connectivity index (χ4n) is 0.974. The number of ether oxygens (including phenoxy) is 1. The summed E-state index contributed by atoms with van der Waals surface area (Å²) in [7, 11) is -3.47. The lowest BCUT2D eigenvalue weighted by Gasteiger charge is -2.23. The van der Waals surface area contributed by atoms with E-state index in [0.29, 0.717) is 0 Å². The molecule has 0 saturated carbocycles. The maximum absolute atomic E-state index is 11.6. The fourth-order valence-corrected chi connectivity index (χ4v) is 1.43. The Morgan fingerprint density at radius 3 is 1.94 bits per heavy atom. The average Bonchev–Trinajstić information content (AvgIpc) is 2.12. The molecule has 1 N–H and O–H groups in total. The Labute approximate surface area is 108 Å². The molecule has 106 valence electrons. The minimum absolute atomic E-state index is 0.600. The maximum Gasteiger partial charge on any atom is 0.328 e. The number of carbonyl (C=O) groups is 2. The van der Waals surface area contributed by atoms with Gasteiger partial charge in [-0.15, -0.1) is 0 Å². The van der Waals surface area contributed by atoms with Gasteiger partial charge in [-0.1, -0.05) is 0 Å². The molecule has 6 nitrogen and oxygen atoms in total. The van der Waals surface area contributed by atoms with Gasteiger partial charge in [-0.2, -0.15) is 0 Å². The van der Waals surface area contributed by atoms with E-state index in [-0.39, 0.29) is 0 Å². The smallest absolute Gasteiger partial charge is 0.328 e. The second kappa shape index (κ2) is 5.69. The van der Waals surface area contributed by atoms with Gasteiger partial charge in [-0.3, -0.25) is 4.79 Å². The molecule has 7 heteroatoms.